The van der Waals surface area contributed by atoms with Gasteiger partial charge in [-0.25, -0.2) is 4.57 Å². The summed E-state index contributed by atoms with van der Waals surface area (Å²) in [5.74, 6) is 0.732. The zero-order chi connectivity index (χ0) is 14.1. The number of unbranched alkanes of at least 4 members (excludes halogenated alkanes) is 1. The van der Waals surface area contributed by atoms with E-state index in [0.717, 1.165) is 24.2 Å². The standard InChI is InChI=1S/C15H23O3P/c1-5-7-8-12-9-10-13-14(11-12)18-19(16,17-6-2)15(13,3)4/h9-11H,5-8H2,1-4H3. The Balaban J connectivity index is 2.34. The second-order valence-corrected chi connectivity index (χ2v) is 8.05. The smallest absolute Gasteiger partial charge is 0.389 e. The molecule has 1 aliphatic heterocycles. The Morgan fingerprint density at radius 2 is 2.05 bits per heavy atom. The Bertz CT molecular complexity index is 508. The van der Waals surface area contributed by atoms with Crippen molar-refractivity contribution in [3.8, 4) is 5.75 Å². The van der Waals surface area contributed by atoms with Gasteiger partial charge in [0, 0.05) is 5.56 Å². The SMILES string of the molecule is CCCCc1ccc2c(c1)OP(=O)(OCC)C2(C)C. The predicted octanol–water partition coefficient (Wildman–Crippen LogP) is 4.89. The van der Waals surface area contributed by atoms with Gasteiger partial charge in [-0.3, -0.25) is 4.52 Å². The van der Waals surface area contributed by atoms with Crippen LogP contribution < -0.4 is 4.52 Å². The first-order valence-electron chi connectivity index (χ1n) is 7.02. The van der Waals surface area contributed by atoms with Gasteiger partial charge in [-0.1, -0.05) is 25.5 Å². The van der Waals surface area contributed by atoms with E-state index in [-0.39, 0.29) is 0 Å². The summed E-state index contributed by atoms with van der Waals surface area (Å²) in [6, 6.07) is 6.17. The fourth-order valence-corrected chi connectivity index (χ4v) is 4.27. The minimum Gasteiger partial charge on any atom is -0.423 e. The fraction of sp³-hybridized carbons (Fsp3) is 0.600. The molecule has 106 valence electrons. The molecule has 0 fully saturated rings. The molecule has 0 saturated carbocycles. The monoisotopic (exact) mass is 282 g/mol. The molecule has 1 heterocycles. The van der Waals surface area contributed by atoms with E-state index < -0.39 is 12.8 Å². The first-order chi connectivity index (χ1) is 8.94. The average Bonchev–Trinajstić information content (AvgIpc) is 2.54. The van der Waals surface area contributed by atoms with E-state index in [0.29, 0.717) is 6.61 Å². The van der Waals surface area contributed by atoms with E-state index in [1.54, 1.807) is 0 Å². The number of hydrogen-bond acceptors (Lipinski definition) is 3. The molecule has 0 aliphatic carbocycles. The lowest BCUT2D eigenvalue weighted by molar-refractivity contribution is 0.270. The molecule has 0 saturated heterocycles. The molecule has 1 aromatic rings. The molecule has 1 unspecified atom stereocenters. The average molecular weight is 282 g/mol. The zero-order valence-corrected chi connectivity index (χ0v) is 13.1. The van der Waals surface area contributed by atoms with Crippen molar-refractivity contribution in [2.45, 2.75) is 52.1 Å². The zero-order valence-electron chi connectivity index (χ0n) is 12.2. The Morgan fingerprint density at radius 3 is 2.68 bits per heavy atom. The second kappa shape index (κ2) is 5.30. The van der Waals surface area contributed by atoms with Crippen molar-refractivity contribution in [2.75, 3.05) is 6.61 Å². The van der Waals surface area contributed by atoms with Crippen LogP contribution in [0, 0.1) is 0 Å². The summed E-state index contributed by atoms with van der Waals surface area (Å²) in [6.07, 6.45) is 3.36. The Labute approximate surface area is 115 Å². The molecule has 0 radical (unpaired) electrons. The molecule has 19 heavy (non-hydrogen) atoms. The quantitative estimate of drug-likeness (QED) is 0.721. The lowest BCUT2D eigenvalue weighted by atomic mass is 9.98. The number of fused-ring (bicyclic) bond motifs is 1. The normalized spacial score (nSPS) is 24.0. The van der Waals surface area contributed by atoms with Crippen LogP contribution in [0.2, 0.25) is 0 Å². The second-order valence-electron chi connectivity index (χ2n) is 5.50. The van der Waals surface area contributed by atoms with Gasteiger partial charge in [-0.2, -0.15) is 0 Å². The number of rotatable bonds is 5. The summed E-state index contributed by atoms with van der Waals surface area (Å²) in [5.41, 5.74) is 2.23. The summed E-state index contributed by atoms with van der Waals surface area (Å²) in [4.78, 5) is 0. The van der Waals surface area contributed by atoms with E-state index in [4.69, 9.17) is 9.05 Å². The highest BCUT2D eigenvalue weighted by Crippen LogP contribution is 2.70. The third kappa shape index (κ3) is 2.46. The molecule has 1 atom stereocenters. The van der Waals surface area contributed by atoms with Crippen molar-refractivity contribution >= 4 is 7.60 Å². The van der Waals surface area contributed by atoms with Gasteiger partial charge in [0.1, 0.15) is 10.9 Å². The predicted molar refractivity (Wildman–Crippen MR) is 77.9 cm³/mol. The lowest BCUT2D eigenvalue weighted by Gasteiger charge is -2.24. The molecular formula is C15H23O3P. The third-order valence-corrected chi connectivity index (χ3v) is 6.37. The van der Waals surface area contributed by atoms with E-state index in [9.17, 15) is 4.57 Å². The fourth-order valence-electron chi connectivity index (χ4n) is 2.43. The summed E-state index contributed by atoms with van der Waals surface area (Å²) >= 11 is 0. The molecular weight excluding hydrogens is 259 g/mol. The largest absolute Gasteiger partial charge is 0.423 e. The van der Waals surface area contributed by atoms with Gasteiger partial charge in [-0.15, -0.1) is 0 Å². The minimum atomic E-state index is -3.10. The number of aryl methyl sites for hydroxylation is 1. The first-order valence-corrected chi connectivity index (χ1v) is 8.56. The third-order valence-electron chi connectivity index (χ3n) is 3.73. The number of hydrogen-bond donors (Lipinski definition) is 0. The topological polar surface area (TPSA) is 35.5 Å². The molecule has 0 bridgehead atoms. The summed E-state index contributed by atoms with van der Waals surface area (Å²) in [7, 11) is -3.10. The number of benzene rings is 1. The van der Waals surface area contributed by atoms with E-state index in [1.807, 2.05) is 32.9 Å². The van der Waals surface area contributed by atoms with Crippen LogP contribution in [0.5, 0.6) is 5.75 Å². The van der Waals surface area contributed by atoms with Crippen LogP contribution in [0.1, 0.15) is 51.7 Å². The Morgan fingerprint density at radius 1 is 1.32 bits per heavy atom. The van der Waals surface area contributed by atoms with Crippen LogP contribution in [0.3, 0.4) is 0 Å². The van der Waals surface area contributed by atoms with Crippen LogP contribution in [-0.4, -0.2) is 6.61 Å². The van der Waals surface area contributed by atoms with Crippen molar-refractivity contribution < 1.29 is 13.6 Å². The van der Waals surface area contributed by atoms with Crippen LogP contribution in [-0.2, 0) is 20.7 Å². The lowest BCUT2D eigenvalue weighted by Crippen LogP contribution is -2.15. The maximum absolute atomic E-state index is 12.8. The van der Waals surface area contributed by atoms with Gasteiger partial charge in [0.15, 0.2) is 0 Å². The highest BCUT2D eigenvalue weighted by molar-refractivity contribution is 7.56. The molecule has 0 aromatic heterocycles. The minimum absolute atomic E-state index is 0.400. The van der Waals surface area contributed by atoms with Crippen LogP contribution in [0.4, 0.5) is 0 Å². The molecule has 0 spiro atoms. The van der Waals surface area contributed by atoms with Crippen molar-refractivity contribution in [3.05, 3.63) is 29.3 Å². The summed E-state index contributed by atoms with van der Waals surface area (Å²) < 4.78 is 24.0. The molecule has 0 N–H and O–H groups in total. The van der Waals surface area contributed by atoms with Crippen LogP contribution >= 0.6 is 7.60 Å². The van der Waals surface area contributed by atoms with Crippen LogP contribution in [0.15, 0.2) is 18.2 Å². The molecule has 2 rings (SSSR count). The maximum Gasteiger partial charge on any atom is 0.389 e. The van der Waals surface area contributed by atoms with E-state index >= 15 is 0 Å². The van der Waals surface area contributed by atoms with Gasteiger partial charge in [0.25, 0.3) is 0 Å². The molecule has 1 aliphatic rings. The van der Waals surface area contributed by atoms with Gasteiger partial charge >= 0.3 is 7.60 Å². The van der Waals surface area contributed by atoms with Crippen molar-refractivity contribution in [3.63, 3.8) is 0 Å². The highest BCUT2D eigenvalue weighted by atomic mass is 31.2. The Hall–Kier alpha value is -0.790. The van der Waals surface area contributed by atoms with Crippen molar-refractivity contribution in [1.29, 1.82) is 0 Å². The van der Waals surface area contributed by atoms with Gasteiger partial charge in [0.2, 0.25) is 0 Å². The van der Waals surface area contributed by atoms with Gasteiger partial charge in [0.05, 0.1) is 6.61 Å². The highest BCUT2D eigenvalue weighted by Gasteiger charge is 2.53. The molecule has 4 heteroatoms. The summed E-state index contributed by atoms with van der Waals surface area (Å²) in [5, 5.41) is -0.568. The van der Waals surface area contributed by atoms with Crippen molar-refractivity contribution in [2.24, 2.45) is 0 Å². The molecule has 3 nitrogen and oxygen atoms in total. The van der Waals surface area contributed by atoms with E-state index in [1.165, 1.54) is 12.0 Å². The van der Waals surface area contributed by atoms with Crippen LogP contribution in [0.25, 0.3) is 0 Å². The van der Waals surface area contributed by atoms with Gasteiger partial charge in [-0.05, 0) is 45.2 Å². The van der Waals surface area contributed by atoms with E-state index in [2.05, 4.69) is 13.0 Å². The van der Waals surface area contributed by atoms with Gasteiger partial charge < -0.3 is 4.52 Å². The Kier molecular flexibility index (Phi) is 4.08. The maximum atomic E-state index is 12.8. The summed E-state index contributed by atoms with van der Waals surface area (Å²) in [6.45, 7) is 8.28. The van der Waals surface area contributed by atoms with Crippen molar-refractivity contribution in [1.82, 2.24) is 0 Å². The molecule has 1 aromatic carbocycles. The first kappa shape index (κ1) is 14.6. The molecule has 0 amide bonds.